The van der Waals surface area contributed by atoms with E-state index in [1.807, 2.05) is 0 Å². The van der Waals surface area contributed by atoms with Gasteiger partial charge in [-0.1, -0.05) is 0 Å². The van der Waals surface area contributed by atoms with E-state index in [0.717, 1.165) is 18.2 Å². The summed E-state index contributed by atoms with van der Waals surface area (Å²) in [6.45, 7) is 0.323. The van der Waals surface area contributed by atoms with Gasteiger partial charge in [0.2, 0.25) is 5.91 Å². The lowest BCUT2D eigenvalue weighted by atomic mass is 10.1. The molecule has 0 saturated heterocycles. The minimum absolute atomic E-state index is 0.0497. The summed E-state index contributed by atoms with van der Waals surface area (Å²) < 4.78 is 26.0. The number of nitrogens with one attached hydrogen (secondary N) is 1. The first-order valence-corrected chi connectivity index (χ1v) is 5.72. The highest BCUT2D eigenvalue weighted by atomic mass is 19.1. The fourth-order valence-electron chi connectivity index (χ4n) is 1.72. The highest BCUT2D eigenvalue weighted by Gasteiger charge is 2.12. The van der Waals surface area contributed by atoms with Gasteiger partial charge in [-0.25, -0.2) is 13.8 Å². The Hall–Kier alpha value is -2.24. The van der Waals surface area contributed by atoms with E-state index in [4.69, 9.17) is 0 Å². The summed E-state index contributed by atoms with van der Waals surface area (Å²) >= 11 is 0. The van der Waals surface area contributed by atoms with Crippen LogP contribution in [0.1, 0.15) is 11.4 Å². The smallest absolute Gasteiger partial charge is 0.227 e. The van der Waals surface area contributed by atoms with E-state index >= 15 is 0 Å². The number of carbonyl (C=O) groups is 1. The van der Waals surface area contributed by atoms with E-state index in [1.165, 1.54) is 4.90 Å². The van der Waals surface area contributed by atoms with E-state index in [2.05, 4.69) is 9.97 Å². The van der Waals surface area contributed by atoms with Crippen molar-refractivity contribution in [3.05, 3.63) is 53.6 Å². The van der Waals surface area contributed by atoms with E-state index < -0.39 is 11.6 Å². The minimum atomic E-state index is -0.684. The topological polar surface area (TPSA) is 49.0 Å². The van der Waals surface area contributed by atoms with Crippen molar-refractivity contribution in [1.82, 2.24) is 14.9 Å². The van der Waals surface area contributed by atoms with Crippen LogP contribution in [0.5, 0.6) is 0 Å². The number of benzene rings is 1. The Balaban J connectivity index is 2.00. The number of aromatic nitrogens is 2. The van der Waals surface area contributed by atoms with Gasteiger partial charge >= 0.3 is 0 Å². The van der Waals surface area contributed by atoms with Crippen LogP contribution in [0.15, 0.2) is 30.6 Å². The Morgan fingerprint density at radius 3 is 2.58 bits per heavy atom. The van der Waals surface area contributed by atoms with Gasteiger partial charge in [-0.15, -0.1) is 0 Å². The van der Waals surface area contributed by atoms with Crippen molar-refractivity contribution in [2.45, 2.75) is 13.0 Å². The van der Waals surface area contributed by atoms with Crippen LogP contribution in [0.3, 0.4) is 0 Å². The molecule has 1 N–H and O–H groups in total. The summed E-state index contributed by atoms with van der Waals surface area (Å²) in [6, 6.07) is 3.09. The summed E-state index contributed by atoms with van der Waals surface area (Å²) in [6.07, 6.45) is 3.21. The average Bonchev–Trinajstić information content (AvgIpc) is 2.80. The van der Waals surface area contributed by atoms with Crippen molar-refractivity contribution in [2.75, 3.05) is 7.05 Å². The van der Waals surface area contributed by atoms with E-state index in [-0.39, 0.29) is 12.3 Å². The Morgan fingerprint density at radius 1 is 1.32 bits per heavy atom. The molecule has 6 heteroatoms. The van der Waals surface area contributed by atoms with Gasteiger partial charge in [-0.3, -0.25) is 4.79 Å². The third kappa shape index (κ3) is 3.61. The molecule has 0 radical (unpaired) electrons. The number of carbonyl (C=O) groups excluding carboxylic acids is 1. The average molecular weight is 265 g/mol. The van der Waals surface area contributed by atoms with E-state index in [0.29, 0.717) is 17.9 Å². The monoisotopic (exact) mass is 265 g/mol. The number of H-pyrrole nitrogens is 1. The molecule has 0 unspecified atom stereocenters. The molecule has 2 rings (SSSR count). The first-order chi connectivity index (χ1) is 9.04. The predicted molar refractivity (Wildman–Crippen MR) is 65.1 cm³/mol. The molecule has 1 aromatic heterocycles. The van der Waals surface area contributed by atoms with E-state index in [9.17, 15) is 13.6 Å². The molecule has 0 atom stereocenters. The largest absolute Gasteiger partial charge is 0.347 e. The van der Waals surface area contributed by atoms with Crippen molar-refractivity contribution in [2.24, 2.45) is 0 Å². The van der Waals surface area contributed by atoms with Gasteiger partial charge in [-0.05, 0) is 17.7 Å². The zero-order valence-electron chi connectivity index (χ0n) is 10.4. The van der Waals surface area contributed by atoms with Crippen molar-refractivity contribution >= 4 is 5.91 Å². The van der Waals surface area contributed by atoms with Crippen molar-refractivity contribution in [3.63, 3.8) is 0 Å². The first-order valence-electron chi connectivity index (χ1n) is 5.72. The zero-order chi connectivity index (χ0) is 13.8. The molecule has 0 aliphatic heterocycles. The lowest BCUT2D eigenvalue weighted by molar-refractivity contribution is -0.129. The van der Waals surface area contributed by atoms with Crippen LogP contribution in [0.2, 0.25) is 0 Å². The summed E-state index contributed by atoms with van der Waals surface area (Å²) in [5, 5.41) is 0. The number of likely N-dealkylation sites (N-methyl/N-ethyl adjacent to an activating group) is 1. The molecule has 0 aliphatic rings. The van der Waals surface area contributed by atoms with Crippen LogP contribution < -0.4 is 0 Å². The fourth-order valence-corrected chi connectivity index (χ4v) is 1.72. The fraction of sp³-hybridized carbons (Fsp3) is 0.231. The van der Waals surface area contributed by atoms with Crippen LogP contribution in [-0.2, 0) is 17.8 Å². The molecule has 2 aromatic rings. The molecule has 0 bridgehead atoms. The summed E-state index contributed by atoms with van der Waals surface area (Å²) in [7, 11) is 1.61. The molecule has 19 heavy (non-hydrogen) atoms. The molecule has 0 fully saturated rings. The predicted octanol–water partition coefficient (Wildman–Crippen LogP) is 1.89. The van der Waals surface area contributed by atoms with Gasteiger partial charge in [0.05, 0.1) is 13.0 Å². The molecular formula is C13H13F2N3O. The second kappa shape index (κ2) is 5.60. The van der Waals surface area contributed by atoms with Gasteiger partial charge in [0.25, 0.3) is 0 Å². The quantitative estimate of drug-likeness (QED) is 0.917. The minimum Gasteiger partial charge on any atom is -0.347 e. The molecule has 1 aromatic carbocycles. The van der Waals surface area contributed by atoms with Gasteiger partial charge in [0, 0.05) is 25.5 Å². The van der Waals surface area contributed by atoms with Crippen LogP contribution >= 0.6 is 0 Å². The number of imidazole rings is 1. The van der Waals surface area contributed by atoms with Crippen LogP contribution in [0.25, 0.3) is 0 Å². The van der Waals surface area contributed by atoms with Gasteiger partial charge in [-0.2, -0.15) is 0 Å². The normalized spacial score (nSPS) is 10.5. The molecule has 0 aliphatic carbocycles. The second-order valence-electron chi connectivity index (χ2n) is 4.24. The van der Waals surface area contributed by atoms with Gasteiger partial charge < -0.3 is 9.88 Å². The number of rotatable bonds is 4. The number of nitrogens with zero attached hydrogens (tertiary/aromatic N) is 2. The second-order valence-corrected chi connectivity index (χ2v) is 4.24. The highest BCUT2D eigenvalue weighted by Crippen LogP contribution is 2.10. The maximum atomic E-state index is 13.0. The Kier molecular flexibility index (Phi) is 3.89. The molecular weight excluding hydrogens is 252 g/mol. The highest BCUT2D eigenvalue weighted by molar-refractivity contribution is 5.78. The molecule has 1 heterocycles. The first kappa shape index (κ1) is 13.2. The third-order valence-corrected chi connectivity index (χ3v) is 2.65. The number of amides is 1. The van der Waals surface area contributed by atoms with E-state index in [1.54, 1.807) is 19.4 Å². The zero-order valence-corrected chi connectivity index (χ0v) is 10.4. The van der Waals surface area contributed by atoms with Crippen LogP contribution in [0, 0.1) is 11.6 Å². The molecule has 0 spiro atoms. The molecule has 100 valence electrons. The maximum Gasteiger partial charge on any atom is 0.227 e. The van der Waals surface area contributed by atoms with Gasteiger partial charge in [0.15, 0.2) is 0 Å². The maximum absolute atomic E-state index is 13.0. The van der Waals surface area contributed by atoms with Crippen molar-refractivity contribution in [1.29, 1.82) is 0 Å². The van der Waals surface area contributed by atoms with Crippen molar-refractivity contribution < 1.29 is 13.6 Å². The van der Waals surface area contributed by atoms with Crippen molar-refractivity contribution in [3.8, 4) is 0 Å². The standard InChI is InChI=1S/C13H13F2N3O/c1-18(8-12-16-2-3-17-12)13(19)6-9-4-10(14)7-11(15)5-9/h2-5,7H,6,8H2,1H3,(H,16,17). The Labute approximate surface area is 109 Å². The van der Waals surface area contributed by atoms with Crippen LogP contribution in [-0.4, -0.2) is 27.8 Å². The lowest BCUT2D eigenvalue weighted by Gasteiger charge is -2.15. The summed E-state index contributed by atoms with van der Waals surface area (Å²) in [4.78, 5) is 20.2. The molecule has 4 nitrogen and oxygen atoms in total. The number of halogens is 2. The Morgan fingerprint density at radius 2 is 2.00 bits per heavy atom. The number of hydrogen-bond acceptors (Lipinski definition) is 2. The summed E-state index contributed by atoms with van der Waals surface area (Å²) in [5.41, 5.74) is 0.314. The SMILES string of the molecule is CN(Cc1ncc[nH]1)C(=O)Cc1cc(F)cc(F)c1. The Bertz CT molecular complexity index is 549. The van der Waals surface area contributed by atoms with Gasteiger partial charge in [0.1, 0.15) is 17.5 Å². The lowest BCUT2D eigenvalue weighted by Crippen LogP contribution is -2.28. The molecule has 1 amide bonds. The third-order valence-electron chi connectivity index (χ3n) is 2.65. The number of hydrogen-bond donors (Lipinski definition) is 1. The van der Waals surface area contributed by atoms with Crippen LogP contribution in [0.4, 0.5) is 8.78 Å². The number of aromatic amines is 1. The molecule has 0 saturated carbocycles. The summed E-state index contributed by atoms with van der Waals surface area (Å²) in [5.74, 6) is -0.948.